The van der Waals surface area contributed by atoms with Crippen LogP contribution in [-0.2, 0) is 16.0 Å². The number of likely N-dealkylation sites (tertiary alicyclic amines) is 1. The highest BCUT2D eigenvalue weighted by Gasteiger charge is 2.26. The third kappa shape index (κ3) is 6.54. The summed E-state index contributed by atoms with van der Waals surface area (Å²) in [5.74, 6) is -0.817. The summed E-state index contributed by atoms with van der Waals surface area (Å²) in [6.45, 7) is 4.82. The molecule has 0 bridgehead atoms. The van der Waals surface area contributed by atoms with Crippen molar-refractivity contribution in [3.8, 4) is 0 Å². The lowest BCUT2D eigenvalue weighted by molar-refractivity contribution is -0.131. The predicted molar refractivity (Wildman–Crippen MR) is 136 cm³/mol. The molecule has 1 N–H and O–H groups in total. The van der Waals surface area contributed by atoms with Crippen LogP contribution in [0, 0.1) is 5.82 Å². The minimum Gasteiger partial charge on any atom is -0.459 e. The number of hydrogen-bond donors (Lipinski definition) is 1. The summed E-state index contributed by atoms with van der Waals surface area (Å²) >= 11 is 1.45. The number of nitrogens with zero attached hydrogens (tertiary/aromatic N) is 2. The Kier molecular flexibility index (Phi) is 8.10. The van der Waals surface area contributed by atoms with Crippen molar-refractivity contribution in [2.45, 2.75) is 45.1 Å². The first kappa shape index (κ1) is 25.5. The van der Waals surface area contributed by atoms with E-state index in [-0.39, 0.29) is 36.1 Å². The molecule has 0 aliphatic carbocycles. The van der Waals surface area contributed by atoms with Gasteiger partial charge < -0.3 is 15.0 Å². The van der Waals surface area contributed by atoms with E-state index in [4.69, 9.17) is 4.74 Å². The van der Waals surface area contributed by atoms with Crippen molar-refractivity contribution in [3.63, 3.8) is 0 Å². The molecule has 1 saturated heterocycles. The fourth-order valence-corrected chi connectivity index (χ4v) is 4.98. The largest absolute Gasteiger partial charge is 0.459 e. The van der Waals surface area contributed by atoms with Gasteiger partial charge in [0.1, 0.15) is 11.5 Å². The number of anilines is 1. The lowest BCUT2D eigenvalue weighted by atomic mass is 9.97. The van der Waals surface area contributed by atoms with Crippen LogP contribution in [0.2, 0.25) is 0 Å². The van der Waals surface area contributed by atoms with Crippen LogP contribution >= 0.6 is 11.3 Å². The van der Waals surface area contributed by atoms with E-state index in [1.807, 2.05) is 4.90 Å². The van der Waals surface area contributed by atoms with E-state index in [0.717, 1.165) is 23.4 Å². The first-order valence-corrected chi connectivity index (χ1v) is 12.8. The third-order valence-corrected chi connectivity index (χ3v) is 6.95. The molecule has 0 saturated carbocycles. The van der Waals surface area contributed by atoms with Crippen LogP contribution < -0.4 is 5.32 Å². The van der Waals surface area contributed by atoms with E-state index < -0.39 is 5.97 Å². The Bertz CT molecular complexity index is 1220. The maximum atomic E-state index is 13.1. The van der Waals surface area contributed by atoms with Gasteiger partial charge in [0.25, 0.3) is 5.91 Å². The number of carbonyl (C=O) groups is 3. The molecule has 0 atom stereocenters. The predicted octanol–water partition coefficient (Wildman–Crippen LogP) is 5.05. The molecular weight excluding hydrogens is 481 g/mol. The summed E-state index contributed by atoms with van der Waals surface area (Å²) in [5.41, 5.74) is 2.11. The first-order chi connectivity index (χ1) is 17.3. The van der Waals surface area contributed by atoms with Crippen molar-refractivity contribution >= 4 is 34.8 Å². The molecule has 7 nitrogen and oxygen atoms in total. The topological polar surface area (TPSA) is 88.6 Å². The molecule has 188 valence electrons. The van der Waals surface area contributed by atoms with Gasteiger partial charge in [0.05, 0.1) is 23.1 Å². The van der Waals surface area contributed by atoms with Crippen molar-refractivity contribution in [1.29, 1.82) is 0 Å². The van der Waals surface area contributed by atoms with Crippen LogP contribution in [-0.4, -0.2) is 46.9 Å². The van der Waals surface area contributed by atoms with Gasteiger partial charge in [-0.3, -0.25) is 9.59 Å². The smallest absolute Gasteiger partial charge is 0.338 e. The van der Waals surface area contributed by atoms with Gasteiger partial charge in [-0.15, -0.1) is 11.3 Å². The van der Waals surface area contributed by atoms with Gasteiger partial charge in [-0.1, -0.05) is 12.1 Å². The van der Waals surface area contributed by atoms with Crippen LogP contribution in [0.5, 0.6) is 0 Å². The third-order valence-electron chi connectivity index (χ3n) is 5.94. The molecule has 1 aliphatic rings. The van der Waals surface area contributed by atoms with E-state index in [1.165, 1.54) is 23.5 Å². The molecule has 0 spiro atoms. The molecule has 1 fully saturated rings. The lowest BCUT2D eigenvalue weighted by Gasteiger charge is -2.31. The molecular formula is C27H28FN3O4S. The van der Waals surface area contributed by atoms with Crippen LogP contribution in [0.1, 0.15) is 64.0 Å². The van der Waals surface area contributed by atoms with Crippen molar-refractivity contribution in [3.05, 3.63) is 81.6 Å². The van der Waals surface area contributed by atoms with Crippen LogP contribution in [0.3, 0.4) is 0 Å². The fourth-order valence-electron chi connectivity index (χ4n) is 4.01. The molecule has 2 heterocycles. The van der Waals surface area contributed by atoms with Gasteiger partial charge in [0, 0.05) is 30.1 Å². The number of rotatable bonds is 7. The molecule has 2 aromatic carbocycles. The summed E-state index contributed by atoms with van der Waals surface area (Å²) in [4.78, 5) is 43.6. The Morgan fingerprint density at radius 2 is 1.75 bits per heavy atom. The minimum absolute atomic E-state index is 0.0303. The Morgan fingerprint density at radius 3 is 2.39 bits per heavy atom. The average Bonchev–Trinajstić information content (AvgIpc) is 3.36. The Labute approximate surface area is 213 Å². The zero-order chi connectivity index (χ0) is 25.7. The molecule has 1 aliphatic heterocycles. The fraction of sp³-hybridized carbons (Fsp3) is 0.333. The maximum absolute atomic E-state index is 13.1. The monoisotopic (exact) mass is 509 g/mol. The molecule has 1 aromatic heterocycles. The zero-order valence-electron chi connectivity index (χ0n) is 20.2. The second kappa shape index (κ2) is 11.4. The highest BCUT2D eigenvalue weighted by Crippen LogP contribution is 2.31. The Hall–Kier alpha value is -3.59. The van der Waals surface area contributed by atoms with E-state index in [0.29, 0.717) is 30.0 Å². The number of aromatic nitrogens is 1. The van der Waals surface area contributed by atoms with E-state index in [9.17, 15) is 18.8 Å². The van der Waals surface area contributed by atoms with Gasteiger partial charge in [-0.25, -0.2) is 14.2 Å². The number of esters is 1. The molecule has 0 unspecified atom stereocenters. The quantitative estimate of drug-likeness (QED) is 0.451. The van der Waals surface area contributed by atoms with Crippen molar-refractivity contribution in [2.75, 3.05) is 18.4 Å². The number of amides is 2. The summed E-state index contributed by atoms with van der Waals surface area (Å²) < 4.78 is 18.2. The van der Waals surface area contributed by atoms with Gasteiger partial charge in [0.2, 0.25) is 5.91 Å². The summed E-state index contributed by atoms with van der Waals surface area (Å²) in [7, 11) is 0. The maximum Gasteiger partial charge on any atom is 0.338 e. The molecule has 3 aromatic rings. The zero-order valence-corrected chi connectivity index (χ0v) is 21.0. The summed E-state index contributed by atoms with van der Waals surface area (Å²) in [6, 6.07) is 12.5. The van der Waals surface area contributed by atoms with Gasteiger partial charge in [-0.05, 0) is 68.7 Å². The molecule has 2 amide bonds. The number of thiazole rings is 1. The van der Waals surface area contributed by atoms with Crippen LogP contribution in [0.25, 0.3) is 0 Å². The molecule has 9 heteroatoms. The summed E-state index contributed by atoms with van der Waals surface area (Å²) in [6.07, 6.45) is 1.60. The van der Waals surface area contributed by atoms with Gasteiger partial charge >= 0.3 is 5.97 Å². The molecule has 0 radical (unpaired) electrons. The lowest BCUT2D eigenvalue weighted by Crippen LogP contribution is -2.38. The highest BCUT2D eigenvalue weighted by molar-refractivity contribution is 7.10. The van der Waals surface area contributed by atoms with Gasteiger partial charge in [-0.2, -0.15) is 0 Å². The van der Waals surface area contributed by atoms with Crippen LogP contribution in [0.4, 0.5) is 10.1 Å². The summed E-state index contributed by atoms with van der Waals surface area (Å²) in [5, 5.41) is 5.43. The number of nitrogens with one attached hydrogen (secondary N) is 1. The molecule has 36 heavy (non-hydrogen) atoms. The average molecular weight is 510 g/mol. The van der Waals surface area contributed by atoms with E-state index in [2.05, 4.69) is 10.3 Å². The normalized spacial score (nSPS) is 14.1. The van der Waals surface area contributed by atoms with E-state index in [1.54, 1.807) is 55.6 Å². The number of carbonyl (C=O) groups excluding carboxylic acids is 3. The Balaban J connectivity index is 1.28. The van der Waals surface area contributed by atoms with Crippen molar-refractivity contribution in [2.24, 2.45) is 0 Å². The second-order valence-electron chi connectivity index (χ2n) is 9.01. The van der Waals surface area contributed by atoms with E-state index >= 15 is 0 Å². The molecule has 4 rings (SSSR count). The number of ether oxygens (including phenoxy) is 1. The van der Waals surface area contributed by atoms with Crippen molar-refractivity contribution in [1.82, 2.24) is 9.88 Å². The van der Waals surface area contributed by atoms with Crippen LogP contribution in [0.15, 0.2) is 53.9 Å². The second-order valence-corrected chi connectivity index (χ2v) is 9.90. The number of piperidine rings is 1. The first-order valence-electron chi connectivity index (χ1n) is 11.9. The van der Waals surface area contributed by atoms with Crippen molar-refractivity contribution < 1.29 is 23.5 Å². The number of halogens is 1. The number of hydrogen-bond acceptors (Lipinski definition) is 6. The SMILES string of the molecule is CC(C)OC(=O)c1ccc(NC(=O)c2csc(C3CCN(C(=O)Cc4ccc(F)cc4)CC3)n2)cc1. The number of benzene rings is 2. The minimum atomic E-state index is -0.407. The van der Waals surface area contributed by atoms with Gasteiger partial charge in [0.15, 0.2) is 0 Å². The standard InChI is InChI=1S/C27H28FN3O4S/c1-17(2)35-27(34)20-5-9-22(10-6-20)29-25(33)23-16-36-26(30-23)19-11-13-31(14-12-19)24(32)15-18-3-7-21(28)8-4-18/h3-10,16-17,19H,11-15H2,1-2H3,(H,29,33). The Morgan fingerprint density at radius 1 is 1.08 bits per heavy atom. The highest BCUT2D eigenvalue weighted by atomic mass is 32.1.